The van der Waals surface area contributed by atoms with Crippen molar-refractivity contribution in [3.05, 3.63) is 22.4 Å². The summed E-state index contributed by atoms with van der Waals surface area (Å²) in [6, 6.07) is 1.95. The van der Waals surface area contributed by atoms with Crippen LogP contribution in [0.5, 0.6) is 0 Å². The quantitative estimate of drug-likeness (QED) is 0.670. The molecule has 0 unspecified atom stereocenters. The number of anilines is 1. The van der Waals surface area contributed by atoms with E-state index in [4.69, 9.17) is 11.5 Å². The van der Waals surface area contributed by atoms with Crippen LogP contribution >= 0.6 is 15.9 Å². The fraction of sp³-hybridized carbons (Fsp3) is 0.222. The number of amides is 1. The first-order valence-corrected chi connectivity index (χ1v) is 7.04. The number of hydrogen-bond acceptors (Lipinski definition) is 4. The van der Waals surface area contributed by atoms with Crippen molar-refractivity contribution in [1.29, 1.82) is 0 Å². The molecule has 0 saturated heterocycles. The Labute approximate surface area is 112 Å². The molecule has 0 aliphatic heterocycles. The third-order valence-electron chi connectivity index (χ3n) is 2.00. The molecule has 0 aliphatic carbocycles. The predicted octanol–water partition coefficient (Wildman–Crippen LogP) is 0.324. The summed E-state index contributed by atoms with van der Waals surface area (Å²) in [7, 11) is -4.06. The number of nitrogens with two attached hydrogens (primary N) is 2. The summed E-state index contributed by atoms with van der Waals surface area (Å²) in [5.74, 6) is -1.60. The van der Waals surface area contributed by atoms with Crippen LogP contribution in [0.15, 0.2) is 21.5 Å². The molecule has 5 N–H and O–H groups in total. The van der Waals surface area contributed by atoms with E-state index in [1.165, 1.54) is 0 Å². The highest BCUT2D eigenvalue weighted by Crippen LogP contribution is 2.25. The van der Waals surface area contributed by atoms with Crippen molar-refractivity contribution >= 4 is 37.5 Å². The smallest absolute Gasteiger partial charge is 0.243 e. The van der Waals surface area contributed by atoms with Gasteiger partial charge < -0.3 is 11.5 Å². The molecule has 0 atom stereocenters. The van der Waals surface area contributed by atoms with E-state index in [1.54, 1.807) is 0 Å². The summed E-state index contributed by atoms with van der Waals surface area (Å²) in [4.78, 5) is 9.90. The van der Waals surface area contributed by atoms with Crippen LogP contribution in [0.2, 0.25) is 0 Å². The van der Waals surface area contributed by atoms with Crippen LogP contribution in [0.4, 0.5) is 10.1 Å². The summed E-state index contributed by atoms with van der Waals surface area (Å²) in [6.07, 6.45) is -0.174. The van der Waals surface area contributed by atoms with Gasteiger partial charge in [0.15, 0.2) is 0 Å². The number of nitrogens with one attached hydrogen (secondary N) is 1. The Morgan fingerprint density at radius 2 is 2.06 bits per heavy atom. The lowest BCUT2D eigenvalue weighted by Gasteiger charge is -2.08. The van der Waals surface area contributed by atoms with Crippen molar-refractivity contribution < 1.29 is 17.6 Å². The van der Waals surface area contributed by atoms with E-state index in [9.17, 15) is 17.6 Å². The minimum Gasteiger partial charge on any atom is -0.398 e. The van der Waals surface area contributed by atoms with Gasteiger partial charge in [0.2, 0.25) is 15.9 Å². The van der Waals surface area contributed by atoms with Crippen LogP contribution in [0.25, 0.3) is 0 Å². The number of hydrogen-bond donors (Lipinski definition) is 3. The summed E-state index contributed by atoms with van der Waals surface area (Å²) < 4.78 is 39.3. The van der Waals surface area contributed by atoms with Crippen molar-refractivity contribution in [1.82, 2.24) is 4.72 Å². The molecular formula is C9H11BrFN3O3S. The van der Waals surface area contributed by atoms with Crippen LogP contribution in [-0.2, 0) is 14.8 Å². The molecule has 0 spiro atoms. The van der Waals surface area contributed by atoms with Crippen molar-refractivity contribution in [3.8, 4) is 0 Å². The average molecular weight is 340 g/mol. The predicted molar refractivity (Wildman–Crippen MR) is 67.5 cm³/mol. The highest BCUT2D eigenvalue weighted by molar-refractivity contribution is 9.10. The first-order valence-electron chi connectivity index (χ1n) is 4.76. The summed E-state index contributed by atoms with van der Waals surface area (Å²) >= 11 is 2.98. The zero-order valence-corrected chi connectivity index (χ0v) is 11.5. The van der Waals surface area contributed by atoms with Gasteiger partial charge in [0.25, 0.3) is 0 Å². The number of primary amides is 1. The first kappa shape index (κ1) is 14.9. The number of carbonyl (C=O) groups excluding carboxylic acids is 1. The zero-order chi connectivity index (χ0) is 13.9. The van der Waals surface area contributed by atoms with E-state index in [-0.39, 0.29) is 23.1 Å². The van der Waals surface area contributed by atoms with Gasteiger partial charge in [-0.15, -0.1) is 0 Å². The molecule has 0 bridgehead atoms. The van der Waals surface area contributed by atoms with Gasteiger partial charge in [-0.25, -0.2) is 17.5 Å². The average Bonchev–Trinajstić information content (AvgIpc) is 2.22. The number of benzene rings is 1. The Morgan fingerprint density at radius 1 is 1.44 bits per heavy atom. The lowest BCUT2D eigenvalue weighted by atomic mass is 10.3. The molecule has 0 saturated carbocycles. The van der Waals surface area contributed by atoms with E-state index in [0.29, 0.717) is 0 Å². The van der Waals surface area contributed by atoms with Gasteiger partial charge in [0.1, 0.15) is 10.7 Å². The van der Waals surface area contributed by atoms with Crippen LogP contribution in [0.3, 0.4) is 0 Å². The Kier molecular flexibility index (Phi) is 4.65. The molecule has 0 aromatic heterocycles. The maximum Gasteiger partial charge on any atom is 0.243 e. The Hall–Kier alpha value is -1.19. The molecule has 0 radical (unpaired) electrons. The lowest BCUT2D eigenvalue weighted by Crippen LogP contribution is -2.28. The Balaban J connectivity index is 2.98. The van der Waals surface area contributed by atoms with E-state index < -0.39 is 26.6 Å². The molecule has 0 fully saturated rings. The summed E-state index contributed by atoms with van der Waals surface area (Å²) in [5.41, 5.74) is 10.4. The normalized spacial score (nSPS) is 11.4. The SMILES string of the molecule is NC(=O)CCNS(=O)(=O)c1cc(N)c(Br)cc1F. The van der Waals surface area contributed by atoms with Gasteiger partial charge in [-0.05, 0) is 28.1 Å². The van der Waals surface area contributed by atoms with Crippen LogP contribution in [-0.4, -0.2) is 20.9 Å². The number of sulfonamides is 1. The fourth-order valence-electron chi connectivity index (χ4n) is 1.14. The van der Waals surface area contributed by atoms with E-state index in [1.807, 2.05) is 0 Å². The molecule has 1 aromatic carbocycles. The topological polar surface area (TPSA) is 115 Å². The van der Waals surface area contributed by atoms with E-state index in [2.05, 4.69) is 20.7 Å². The van der Waals surface area contributed by atoms with Gasteiger partial charge in [-0.3, -0.25) is 4.79 Å². The van der Waals surface area contributed by atoms with Gasteiger partial charge in [-0.2, -0.15) is 0 Å². The molecular weight excluding hydrogens is 329 g/mol. The number of halogens is 2. The van der Waals surface area contributed by atoms with Gasteiger partial charge in [-0.1, -0.05) is 0 Å². The third-order valence-corrected chi connectivity index (χ3v) is 4.17. The molecule has 0 heterocycles. The van der Waals surface area contributed by atoms with Crippen LogP contribution < -0.4 is 16.2 Å². The monoisotopic (exact) mass is 339 g/mol. The Morgan fingerprint density at radius 3 is 2.61 bits per heavy atom. The standard InChI is InChI=1S/C9H11BrFN3O3S/c10-5-3-6(11)8(4-7(5)12)18(16,17)14-2-1-9(13)15/h3-4,14H,1-2,12H2,(H2,13,15). The van der Waals surface area contributed by atoms with Crippen LogP contribution in [0, 0.1) is 5.82 Å². The molecule has 0 aliphatic rings. The minimum absolute atomic E-state index is 0.0895. The fourth-order valence-corrected chi connectivity index (χ4v) is 2.58. The van der Waals surface area contributed by atoms with Gasteiger partial charge in [0, 0.05) is 23.1 Å². The molecule has 100 valence electrons. The van der Waals surface area contributed by atoms with Gasteiger partial charge in [0.05, 0.1) is 0 Å². The highest BCUT2D eigenvalue weighted by atomic mass is 79.9. The molecule has 1 aromatic rings. The van der Waals surface area contributed by atoms with E-state index >= 15 is 0 Å². The minimum atomic E-state index is -4.06. The number of rotatable bonds is 5. The molecule has 1 rings (SSSR count). The van der Waals surface area contributed by atoms with Crippen molar-refractivity contribution in [2.24, 2.45) is 5.73 Å². The van der Waals surface area contributed by atoms with Crippen molar-refractivity contribution in [2.75, 3.05) is 12.3 Å². The Bertz CT molecular complexity index is 577. The molecule has 18 heavy (non-hydrogen) atoms. The second kappa shape index (κ2) is 5.63. The maximum absolute atomic E-state index is 13.5. The van der Waals surface area contributed by atoms with Crippen molar-refractivity contribution in [2.45, 2.75) is 11.3 Å². The van der Waals surface area contributed by atoms with Crippen molar-refractivity contribution in [3.63, 3.8) is 0 Å². The van der Waals surface area contributed by atoms with Gasteiger partial charge >= 0.3 is 0 Å². The molecule has 6 nitrogen and oxygen atoms in total. The summed E-state index contributed by atoms with van der Waals surface area (Å²) in [5, 5.41) is 0. The zero-order valence-electron chi connectivity index (χ0n) is 9.11. The second-order valence-electron chi connectivity index (χ2n) is 3.42. The second-order valence-corrected chi connectivity index (χ2v) is 6.01. The first-order chi connectivity index (χ1) is 8.24. The highest BCUT2D eigenvalue weighted by Gasteiger charge is 2.20. The van der Waals surface area contributed by atoms with Crippen LogP contribution in [0.1, 0.15) is 6.42 Å². The molecule has 1 amide bonds. The number of nitrogen functional groups attached to an aromatic ring is 1. The largest absolute Gasteiger partial charge is 0.398 e. The molecule has 9 heteroatoms. The third kappa shape index (κ3) is 3.65. The number of carbonyl (C=O) groups is 1. The summed E-state index contributed by atoms with van der Waals surface area (Å²) in [6.45, 7) is -0.201. The van der Waals surface area contributed by atoms with E-state index in [0.717, 1.165) is 12.1 Å². The maximum atomic E-state index is 13.5. The lowest BCUT2D eigenvalue weighted by molar-refractivity contribution is -0.117.